The Morgan fingerprint density at radius 2 is 0.713 bits per heavy atom. The molecule has 0 saturated heterocycles. The minimum Gasteiger partial charge on any atom is -0.462 e. The number of hydrogen-bond acceptors (Lipinski definition) is 7. The molecular weight excluding hydrogens is 1010 g/mol. The molecule has 0 fully saturated rings. The molecule has 0 aromatic carbocycles. The molecule has 0 aromatic rings. The number of carbonyl (C=O) groups is 2. The van der Waals surface area contributed by atoms with Crippen molar-refractivity contribution in [3.8, 4) is 0 Å². The van der Waals surface area contributed by atoms with Crippen LogP contribution in [-0.4, -0.2) is 74.9 Å². The van der Waals surface area contributed by atoms with Crippen molar-refractivity contribution in [2.24, 2.45) is 0 Å². The first-order valence-corrected chi connectivity index (χ1v) is 32.4. The Balaban J connectivity index is 4.28. The zero-order chi connectivity index (χ0) is 58.4. The highest BCUT2D eigenvalue weighted by molar-refractivity contribution is 7.47. The first-order chi connectivity index (χ1) is 39.0. The van der Waals surface area contributed by atoms with Gasteiger partial charge in [-0.25, -0.2) is 4.57 Å². The number of allylic oxidation sites excluding steroid dienone is 28. The maximum absolute atomic E-state index is 12.8. The Hall–Kier alpha value is -4.63. The van der Waals surface area contributed by atoms with Crippen molar-refractivity contribution >= 4 is 19.8 Å². The number of phosphoric acid groups is 1. The zero-order valence-corrected chi connectivity index (χ0v) is 51.9. The summed E-state index contributed by atoms with van der Waals surface area (Å²) in [5, 5.41) is 0. The van der Waals surface area contributed by atoms with Gasteiger partial charge in [0.25, 0.3) is 0 Å². The van der Waals surface area contributed by atoms with Crippen molar-refractivity contribution in [2.45, 2.75) is 213 Å². The summed E-state index contributed by atoms with van der Waals surface area (Å²) in [7, 11) is 1.42. The van der Waals surface area contributed by atoms with Gasteiger partial charge in [0, 0.05) is 12.8 Å². The molecule has 0 rings (SSSR count). The SMILES string of the molecule is CC/C=C\C/C=C\C/C=C\C/C=C\C/C=C\C/C=C\C/C=C\C/C=C\C/C=C\C/C=C\C/C=C\CCCCCC(=O)OC(COC(=O)CCCCCCCC/C=C\C/C=C\C/C=C\CCCCC)COP(=O)(O)OCC[N+](C)(C)C. The van der Waals surface area contributed by atoms with E-state index in [-0.39, 0.29) is 26.1 Å². The zero-order valence-electron chi connectivity index (χ0n) is 51.0. The minimum atomic E-state index is -4.41. The number of phosphoric ester groups is 1. The fourth-order valence-electron chi connectivity index (χ4n) is 7.50. The topological polar surface area (TPSA) is 108 Å². The molecule has 1 N–H and O–H groups in total. The van der Waals surface area contributed by atoms with Gasteiger partial charge in [-0.05, 0) is 135 Å². The molecular formula is C70H113NO8P+. The van der Waals surface area contributed by atoms with E-state index >= 15 is 0 Å². The van der Waals surface area contributed by atoms with E-state index in [1.54, 1.807) is 0 Å². The lowest BCUT2D eigenvalue weighted by molar-refractivity contribution is -0.870. The Morgan fingerprint density at radius 1 is 0.400 bits per heavy atom. The van der Waals surface area contributed by atoms with E-state index in [1.807, 2.05) is 21.1 Å². The van der Waals surface area contributed by atoms with Gasteiger partial charge < -0.3 is 18.9 Å². The second kappa shape index (κ2) is 59.0. The molecule has 0 amide bonds. The second-order valence-corrected chi connectivity index (χ2v) is 22.5. The number of esters is 2. The third kappa shape index (κ3) is 62.6. The molecule has 0 saturated carbocycles. The van der Waals surface area contributed by atoms with E-state index < -0.39 is 32.5 Å². The Bertz CT molecular complexity index is 1950. The van der Waals surface area contributed by atoms with Crippen LogP contribution < -0.4 is 0 Å². The van der Waals surface area contributed by atoms with Gasteiger partial charge in [-0.3, -0.25) is 18.6 Å². The monoisotopic (exact) mass is 1130 g/mol. The highest BCUT2D eigenvalue weighted by Crippen LogP contribution is 2.43. The standard InChI is InChI=1S/C70H112NO8P/c1-6-8-10-12-14-16-18-20-22-24-26-27-28-29-30-31-32-33-34-35-36-37-38-39-40-41-42-43-45-47-49-51-53-55-57-59-61-63-70(73)79-68(67-78-80(74,75)77-65-64-71(3,4)5)66-76-69(72)62-60-58-56-54-52-50-48-46-44-25-23-21-19-17-15-13-11-9-7-2/h8,10,14-17,20-23,26-27,29-30,32-33,35-36,38-39,41-42,44-47,51,53,68H,6-7,9,11-13,18-19,24-25,28,31,34,37,40,43,48-50,52,54-67H2,1-5H3/p+1/b10-8-,16-14-,17-15-,22-20-,23-21-,27-26-,30-29-,33-32-,36-35-,39-38-,42-41-,46-44-,47-45-,53-51-. The summed E-state index contributed by atoms with van der Waals surface area (Å²) in [4.78, 5) is 35.7. The first kappa shape index (κ1) is 75.4. The van der Waals surface area contributed by atoms with Crippen LogP contribution in [0.1, 0.15) is 206 Å². The summed E-state index contributed by atoms with van der Waals surface area (Å²) < 4.78 is 34.5. The van der Waals surface area contributed by atoms with E-state index in [9.17, 15) is 19.0 Å². The van der Waals surface area contributed by atoms with Crippen LogP contribution in [0.15, 0.2) is 170 Å². The molecule has 0 aliphatic rings. The molecule has 2 atom stereocenters. The number of nitrogens with zero attached hydrogens (tertiary/aromatic N) is 1. The molecule has 450 valence electrons. The number of unbranched alkanes of at least 4 members (excludes halogenated alkanes) is 12. The van der Waals surface area contributed by atoms with Crippen molar-refractivity contribution in [3.05, 3.63) is 170 Å². The van der Waals surface area contributed by atoms with E-state index in [1.165, 1.54) is 25.7 Å². The maximum Gasteiger partial charge on any atom is 0.472 e. The van der Waals surface area contributed by atoms with Gasteiger partial charge >= 0.3 is 19.8 Å². The van der Waals surface area contributed by atoms with Crippen LogP contribution in [0.25, 0.3) is 0 Å². The number of likely N-dealkylation sites (N-methyl/N-ethyl adjacent to an activating group) is 1. The molecule has 9 nitrogen and oxygen atoms in total. The predicted molar refractivity (Wildman–Crippen MR) is 343 cm³/mol. The molecule has 0 radical (unpaired) electrons. The van der Waals surface area contributed by atoms with Gasteiger partial charge in [0.1, 0.15) is 19.8 Å². The average Bonchev–Trinajstić information content (AvgIpc) is 3.42. The number of quaternary nitrogens is 1. The lowest BCUT2D eigenvalue weighted by Gasteiger charge is -2.24. The van der Waals surface area contributed by atoms with E-state index in [2.05, 4.69) is 184 Å². The fraction of sp³-hybridized carbons (Fsp3) is 0.571. The molecule has 80 heavy (non-hydrogen) atoms. The molecule has 0 aromatic heterocycles. The summed E-state index contributed by atoms with van der Waals surface area (Å²) >= 11 is 0. The molecule has 0 heterocycles. The van der Waals surface area contributed by atoms with Crippen LogP contribution in [0.5, 0.6) is 0 Å². The van der Waals surface area contributed by atoms with Gasteiger partial charge in [-0.1, -0.05) is 229 Å². The van der Waals surface area contributed by atoms with E-state index in [4.69, 9.17) is 18.5 Å². The maximum atomic E-state index is 12.8. The Kier molecular flexibility index (Phi) is 55.6. The highest BCUT2D eigenvalue weighted by Gasteiger charge is 2.27. The molecule has 10 heteroatoms. The second-order valence-electron chi connectivity index (χ2n) is 21.0. The van der Waals surface area contributed by atoms with Gasteiger partial charge in [-0.15, -0.1) is 0 Å². The first-order valence-electron chi connectivity index (χ1n) is 30.9. The third-order valence-corrected chi connectivity index (χ3v) is 13.2. The van der Waals surface area contributed by atoms with E-state index in [0.29, 0.717) is 23.9 Å². The van der Waals surface area contributed by atoms with Gasteiger partial charge in [-0.2, -0.15) is 0 Å². The Labute approximate surface area is 489 Å². The van der Waals surface area contributed by atoms with Gasteiger partial charge in [0.05, 0.1) is 27.7 Å². The molecule has 0 aliphatic heterocycles. The largest absolute Gasteiger partial charge is 0.472 e. The van der Waals surface area contributed by atoms with Crippen molar-refractivity contribution in [1.29, 1.82) is 0 Å². The molecule has 0 spiro atoms. The Morgan fingerprint density at radius 3 is 1.07 bits per heavy atom. The smallest absolute Gasteiger partial charge is 0.462 e. The van der Waals surface area contributed by atoms with Crippen LogP contribution >= 0.6 is 7.82 Å². The van der Waals surface area contributed by atoms with Crippen molar-refractivity contribution in [1.82, 2.24) is 0 Å². The number of ether oxygens (including phenoxy) is 2. The van der Waals surface area contributed by atoms with Crippen LogP contribution in [0.2, 0.25) is 0 Å². The van der Waals surface area contributed by atoms with Crippen LogP contribution in [0.4, 0.5) is 0 Å². The molecule has 0 aliphatic carbocycles. The molecule has 2 unspecified atom stereocenters. The summed E-state index contributed by atoms with van der Waals surface area (Å²) in [6.07, 6.45) is 90.0. The summed E-state index contributed by atoms with van der Waals surface area (Å²) in [5.41, 5.74) is 0. The summed E-state index contributed by atoms with van der Waals surface area (Å²) in [5.74, 6) is -0.865. The lowest BCUT2D eigenvalue weighted by Crippen LogP contribution is -2.37. The van der Waals surface area contributed by atoms with Crippen LogP contribution in [0.3, 0.4) is 0 Å². The quantitative estimate of drug-likeness (QED) is 0.0211. The van der Waals surface area contributed by atoms with Crippen molar-refractivity contribution in [3.63, 3.8) is 0 Å². The number of hydrogen-bond donors (Lipinski definition) is 1. The molecule has 0 bridgehead atoms. The average molecular weight is 1130 g/mol. The van der Waals surface area contributed by atoms with Crippen molar-refractivity contribution in [2.75, 3.05) is 47.5 Å². The van der Waals surface area contributed by atoms with Crippen LogP contribution in [-0.2, 0) is 32.7 Å². The lowest BCUT2D eigenvalue weighted by atomic mass is 10.1. The van der Waals surface area contributed by atoms with Crippen LogP contribution in [0, 0.1) is 0 Å². The highest BCUT2D eigenvalue weighted by atomic mass is 31.2. The van der Waals surface area contributed by atoms with Gasteiger partial charge in [0.2, 0.25) is 0 Å². The van der Waals surface area contributed by atoms with E-state index in [0.717, 1.165) is 141 Å². The summed E-state index contributed by atoms with van der Waals surface area (Å²) in [6, 6.07) is 0. The van der Waals surface area contributed by atoms with Gasteiger partial charge in [0.15, 0.2) is 6.10 Å². The number of rotatable bonds is 54. The fourth-order valence-corrected chi connectivity index (χ4v) is 8.24. The number of carbonyl (C=O) groups excluding carboxylic acids is 2. The third-order valence-electron chi connectivity index (χ3n) is 12.2. The normalized spacial score (nSPS) is 14.4. The summed E-state index contributed by atoms with van der Waals surface area (Å²) in [6.45, 7) is 4.21. The van der Waals surface area contributed by atoms with Crippen molar-refractivity contribution < 1.29 is 42.1 Å². The minimum absolute atomic E-state index is 0.0125. The predicted octanol–water partition coefficient (Wildman–Crippen LogP) is 19.8.